The molecule has 3 N–H and O–H groups in total. The van der Waals surface area contributed by atoms with E-state index in [1.54, 1.807) is 13.8 Å². The second-order valence-electron chi connectivity index (χ2n) is 3.57. The monoisotopic (exact) mass is 200 g/mol. The Morgan fingerprint density at radius 2 is 1.79 bits per heavy atom. The van der Waals surface area contributed by atoms with Gasteiger partial charge in [0.2, 0.25) is 11.8 Å². The van der Waals surface area contributed by atoms with Crippen LogP contribution in [0.5, 0.6) is 0 Å². The van der Waals surface area contributed by atoms with Crippen molar-refractivity contribution in [2.45, 2.75) is 33.2 Å². The van der Waals surface area contributed by atoms with Crippen LogP contribution in [0.25, 0.3) is 0 Å². The molecule has 0 radical (unpaired) electrons. The molecule has 0 aliphatic rings. The molecule has 80 valence electrons. The minimum absolute atomic E-state index is 0.0802. The minimum Gasteiger partial charge on any atom is -0.368 e. The molecule has 0 rings (SSSR count). The number of Topliss-reactive ketones (excluding diaryl/α,β-unsaturated/α-hetero) is 1. The summed E-state index contributed by atoms with van der Waals surface area (Å²) in [6.45, 7) is 4.85. The Labute approximate surface area is 83.0 Å². The first-order valence-corrected chi connectivity index (χ1v) is 4.42. The molecular weight excluding hydrogens is 184 g/mol. The lowest BCUT2D eigenvalue weighted by molar-refractivity contribution is -0.131. The molecule has 0 bridgehead atoms. The Hall–Kier alpha value is -1.39. The normalized spacial score (nSPS) is 12.3. The molecule has 1 unspecified atom stereocenters. The molecule has 1 atom stereocenters. The maximum absolute atomic E-state index is 11.1. The maximum Gasteiger partial charge on any atom is 0.240 e. The molecule has 14 heavy (non-hydrogen) atoms. The van der Waals surface area contributed by atoms with Crippen molar-refractivity contribution in [3.05, 3.63) is 0 Å². The second-order valence-corrected chi connectivity index (χ2v) is 3.57. The van der Waals surface area contributed by atoms with E-state index in [2.05, 4.69) is 5.32 Å². The molecular formula is C9H16N2O3. The molecule has 0 aromatic heterocycles. The fourth-order valence-electron chi connectivity index (χ4n) is 1.02. The van der Waals surface area contributed by atoms with Gasteiger partial charge < -0.3 is 11.1 Å². The van der Waals surface area contributed by atoms with Crippen molar-refractivity contribution in [1.29, 1.82) is 0 Å². The predicted octanol–water partition coefficient (Wildman–Crippen LogP) is -0.408. The molecule has 0 aromatic rings. The summed E-state index contributed by atoms with van der Waals surface area (Å²) in [5.41, 5.74) is 5.08. The first kappa shape index (κ1) is 12.6. The molecule has 0 aliphatic heterocycles. The van der Waals surface area contributed by atoms with Crippen LogP contribution in [-0.2, 0) is 14.4 Å². The van der Waals surface area contributed by atoms with Crippen LogP contribution in [0.1, 0.15) is 27.2 Å². The molecule has 2 amide bonds. The molecule has 0 fully saturated rings. The number of primary amides is 1. The van der Waals surface area contributed by atoms with Gasteiger partial charge in [-0.05, 0) is 12.8 Å². The lowest BCUT2D eigenvalue weighted by atomic mass is 10.0. The van der Waals surface area contributed by atoms with E-state index >= 15 is 0 Å². The van der Waals surface area contributed by atoms with E-state index in [0.29, 0.717) is 0 Å². The van der Waals surface area contributed by atoms with Crippen molar-refractivity contribution in [2.24, 2.45) is 11.7 Å². The van der Waals surface area contributed by atoms with E-state index in [-0.39, 0.29) is 18.1 Å². The highest BCUT2D eigenvalue weighted by atomic mass is 16.2. The summed E-state index contributed by atoms with van der Waals surface area (Å²) in [5, 5.41) is 2.41. The highest BCUT2D eigenvalue weighted by molar-refractivity contribution is 5.98. The number of nitrogens with two attached hydrogens (primary N) is 1. The van der Waals surface area contributed by atoms with Crippen LogP contribution in [0.3, 0.4) is 0 Å². The third-order valence-corrected chi connectivity index (χ3v) is 1.70. The molecule has 0 aromatic carbocycles. The van der Waals surface area contributed by atoms with Gasteiger partial charge in [-0.15, -0.1) is 0 Å². The van der Waals surface area contributed by atoms with Crippen LogP contribution in [0.15, 0.2) is 0 Å². The summed E-state index contributed by atoms with van der Waals surface area (Å²) in [6.07, 6.45) is -0.212. The van der Waals surface area contributed by atoms with E-state index in [0.717, 1.165) is 0 Å². The van der Waals surface area contributed by atoms with Gasteiger partial charge in [-0.1, -0.05) is 13.8 Å². The fraction of sp³-hybridized carbons (Fsp3) is 0.667. The molecule has 0 aliphatic carbocycles. The van der Waals surface area contributed by atoms with Gasteiger partial charge in [0.05, 0.1) is 6.42 Å². The lowest BCUT2D eigenvalue weighted by Gasteiger charge is -2.18. The second kappa shape index (κ2) is 5.36. The number of carbonyl (C=O) groups excluding carboxylic acids is 3. The summed E-state index contributed by atoms with van der Waals surface area (Å²) in [7, 11) is 0. The lowest BCUT2D eigenvalue weighted by Crippen LogP contribution is -2.48. The van der Waals surface area contributed by atoms with Crippen molar-refractivity contribution in [1.82, 2.24) is 5.32 Å². The Morgan fingerprint density at radius 1 is 1.29 bits per heavy atom. The summed E-state index contributed by atoms with van der Waals surface area (Å²) < 4.78 is 0. The standard InChI is InChI=1S/C9H16N2O3/c1-5(2)8(9(10)14)11-7(13)4-6(3)12/h5,8H,4H2,1-3H3,(H2,10,14)(H,11,13). The average Bonchev–Trinajstić information content (AvgIpc) is 1.97. The summed E-state index contributed by atoms with van der Waals surface area (Å²) in [5.74, 6) is -1.37. The Morgan fingerprint density at radius 3 is 2.07 bits per heavy atom. The van der Waals surface area contributed by atoms with Crippen molar-refractivity contribution >= 4 is 17.6 Å². The van der Waals surface area contributed by atoms with Gasteiger partial charge in [0.1, 0.15) is 11.8 Å². The van der Waals surface area contributed by atoms with Crippen molar-refractivity contribution in [3.8, 4) is 0 Å². The van der Waals surface area contributed by atoms with Gasteiger partial charge >= 0.3 is 0 Å². The minimum atomic E-state index is -0.707. The average molecular weight is 200 g/mol. The SMILES string of the molecule is CC(=O)CC(=O)NC(C(N)=O)C(C)C. The number of nitrogens with one attached hydrogen (secondary N) is 1. The molecule has 0 spiro atoms. The number of hydrogen-bond donors (Lipinski definition) is 2. The smallest absolute Gasteiger partial charge is 0.240 e. The summed E-state index contributed by atoms with van der Waals surface area (Å²) in [6, 6.07) is -0.707. The van der Waals surface area contributed by atoms with Crippen LogP contribution in [0.2, 0.25) is 0 Å². The first-order valence-electron chi connectivity index (χ1n) is 4.42. The highest BCUT2D eigenvalue weighted by Crippen LogP contribution is 2.00. The van der Waals surface area contributed by atoms with Crippen LogP contribution in [0.4, 0.5) is 0 Å². The van der Waals surface area contributed by atoms with E-state index in [1.807, 2.05) is 0 Å². The van der Waals surface area contributed by atoms with Crippen LogP contribution in [0, 0.1) is 5.92 Å². The van der Waals surface area contributed by atoms with Crippen molar-refractivity contribution in [3.63, 3.8) is 0 Å². The maximum atomic E-state index is 11.1. The van der Waals surface area contributed by atoms with E-state index in [4.69, 9.17) is 5.73 Å². The molecule has 0 heterocycles. The Bertz CT molecular complexity index is 248. The zero-order valence-electron chi connectivity index (χ0n) is 8.66. The topological polar surface area (TPSA) is 89.3 Å². The van der Waals surface area contributed by atoms with Gasteiger partial charge in [0, 0.05) is 0 Å². The van der Waals surface area contributed by atoms with E-state index in [1.165, 1.54) is 6.92 Å². The van der Waals surface area contributed by atoms with Gasteiger partial charge in [-0.3, -0.25) is 14.4 Å². The predicted molar refractivity (Wildman–Crippen MR) is 51.3 cm³/mol. The first-order chi connectivity index (χ1) is 6.34. The third kappa shape index (κ3) is 4.59. The third-order valence-electron chi connectivity index (χ3n) is 1.70. The van der Waals surface area contributed by atoms with Crippen LogP contribution in [-0.4, -0.2) is 23.6 Å². The number of carbonyl (C=O) groups is 3. The highest BCUT2D eigenvalue weighted by Gasteiger charge is 2.21. The zero-order chi connectivity index (χ0) is 11.3. The van der Waals surface area contributed by atoms with Crippen LogP contribution < -0.4 is 11.1 Å². The van der Waals surface area contributed by atoms with E-state index < -0.39 is 17.9 Å². The Balaban J connectivity index is 4.24. The quantitative estimate of drug-likeness (QED) is 0.591. The van der Waals surface area contributed by atoms with Crippen LogP contribution >= 0.6 is 0 Å². The van der Waals surface area contributed by atoms with E-state index in [9.17, 15) is 14.4 Å². The number of rotatable bonds is 5. The summed E-state index contributed by atoms with van der Waals surface area (Å²) in [4.78, 5) is 32.6. The largest absolute Gasteiger partial charge is 0.368 e. The number of hydrogen-bond acceptors (Lipinski definition) is 3. The number of ketones is 1. The number of amides is 2. The fourth-order valence-corrected chi connectivity index (χ4v) is 1.02. The van der Waals surface area contributed by atoms with Crippen molar-refractivity contribution < 1.29 is 14.4 Å². The molecule has 0 saturated carbocycles. The molecule has 0 saturated heterocycles. The Kier molecular flexibility index (Phi) is 4.83. The van der Waals surface area contributed by atoms with Gasteiger partial charge in [-0.2, -0.15) is 0 Å². The van der Waals surface area contributed by atoms with Crippen molar-refractivity contribution in [2.75, 3.05) is 0 Å². The molecule has 5 heteroatoms. The molecule has 5 nitrogen and oxygen atoms in total. The van der Waals surface area contributed by atoms with Gasteiger partial charge in [-0.25, -0.2) is 0 Å². The zero-order valence-corrected chi connectivity index (χ0v) is 8.66. The van der Waals surface area contributed by atoms with Gasteiger partial charge in [0.25, 0.3) is 0 Å². The summed E-state index contributed by atoms with van der Waals surface area (Å²) >= 11 is 0. The van der Waals surface area contributed by atoms with Gasteiger partial charge in [0.15, 0.2) is 0 Å².